The molecular formula is C21H21BrN2O5S. The van der Waals surface area contributed by atoms with E-state index in [2.05, 4.69) is 21.2 Å². The molecule has 3 aromatic rings. The Morgan fingerprint density at radius 2 is 1.83 bits per heavy atom. The summed E-state index contributed by atoms with van der Waals surface area (Å²) in [6, 6.07) is 15.5. The van der Waals surface area contributed by atoms with E-state index in [1.807, 2.05) is 24.3 Å². The second-order valence-electron chi connectivity index (χ2n) is 6.58. The molecule has 0 atom stereocenters. The molecule has 0 unspecified atom stereocenters. The predicted molar refractivity (Wildman–Crippen MR) is 118 cm³/mol. The standard InChI is InChI=1S/C21H21BrN2O5S/c1-14(25)23-19-12-18(9-11-21(19)28-3)30(26,27)24(2)13-17-8-10-20(29-17)15-4-6-16(22)7-5-15/h4-12H,13H2,1-3H3,(H,23,25). The number of carbonyl (C=O) groups is 1. The summed E-state index contributed by atoms with van der Waals surface area (Å²) >= 11 is 3.39. The molecule has 3 rings (SSSR count). The fourth-order valence-electron chi connectivity index (χ4n) is 2.85. The van der Waals surface area contributed by atoms with E-state index in [0.29, 0.717) is 17.3 Å². The first-order valence-electron chi connectivity index (χ1n) is 8.97. The van der Waals surface area contributed by atoms with Crippen LogP contribution in [0.25, 0.3) is 11.3 Å². The lowest BCUT2D eigenvalue weighted by atomic mass is 10.2. The minimum absolute atomic E-state index is 0.0363. The van der Waals surface area contributed by atoms with Gasteiger partial charge in [0.1, 0.15) is 17.3 Å². The van der Waals surface area contributed by atoms with Crippen LogP contribution in [0.15, 0.2) is 68.4 Å². The number of nitrogens with zero attached hydrogens (tertiary/aromatic N) is 1. The number of nitrogens with one attached hydrogen (secondary N) is 1. The maximum Gasteiger partial charge on any atom is 0.243 e. The number of halogens is 1. The van der Waals surface area contributed by atoms with Gasteiger partial charge in [-0.15, -0.1) is 0 Å². The lowest BCUT2D eigenvalue weighted by Gasteiger charge is -2.17. The van der Waals surface area contributed by atoms with Crippen molar-refractivity contribution in [3.05, 3.63) is 64.8 Å². The molecule has 0 fully saturated rings. The maximum atomic E-state index is 13.0. The van der Waals surface area contributed by atoms with Gasteiger partial charge in [-0.3, -0.25) is 4.79 Å². The number of hydrogen-bond acceptors (Lipinski definition) is 5. The zero-order valence-corrected chi connectivity index (χ0v) is 19.1. The van der Waals surface area contributed by atoms with Crippen molar-refractivity contribution in [2.45, 2.75) is 18.4 Å². The molecule has 0 saturated carbocycles. The zero-order chi connectivity index (χ0) is 21.9. The third-order valence-corrected chi connectivity index (χ3v) is 6.69. The van der Waals surface area contributed by atoms with Gasteiger partial charge in [0.25, 0.3) is 0 Å². The largest absolute Gasteiger partial charge is 0.495 e. The van der Waals surface area contributed by atoms with Crippen molar-refractivity contribution in [2.75, 3.05) is 19.5 Å². The molecule has 9 heteroatoms. The van der Waals surface area contributed by atoms with Crippen LogP contribution in [0.5, 0.6) is 5.75 Å². The number of sulfonamides is 1. The van der Waals surface area contributed by atoms with E-state index in [1.54, 1.807) is 12.1 Å². The number of anilines is 1. The average molecular weight is 493 g/mol. The predicted octanol–water partition coefficient (Wildman–Crippen LogP) is 4.50. The Morgan fingerprint density at radius 1 is 1.13 bits per heavy atom. The third-order valence-electron chi connectivity index (χ3n) is 4.36. The summed E-state index contributed by atoms with van der Waals surface area (Å²) in [4.78, 5) is 11.5. The molecule has 0 aliphatic carbocycles. The smallest absolute Gasteiger partial charge is 0.243 e. The van der Waals surface area contributed by atoms with E-state index < -0.39 is 10.0 Å². The summed E-state index contributed by atoms with van der Waals surface area (Å²) in [6.45, 7) is 1.40. The number of carbonyl (C=O) groups excluding carboxylic acids is 1. The fraction of sp³-hybridized carbons (Fsp3) is 0.190. The van der Waals surface area contributed by atoms with Gasteiger partial charge in [-0.1, -0.05) is 28.1 Å². The van der Waals surface area contributed by atoms with Gasteiger partial charge in [-0.2, -0.15) is 4.31 Å². The van der Waals surface area contributed by atoms with Crippen molar-refractivity contribution in [1.82, 2.24) is 4.31 Å². The molecule has 158 valence electrons. The topological polar surface area (TPSA) is 88.8 Å². The highest BCUT2D eigenvalue weighted by Crippen LogP contribution is 2.30. The number of ether oxygens (including phenoxy) is 1. The van der Waals surface area contributed by atoms with E-state index in [4.69, 9.17) is 9.15 Å². The molecule has 30 heavy (non-hydrogen) atoms. The van der Waals surface area contributed by atoms with Crippen LogP contribution in [0, 0.1) is 0 Å². The van der Waals surface area contributed by atoms with Gasteiger partial charge in [-0.25, -0.2) is 8.42 Å². The second-order valence-corrected chi connectivity index (χ2v) is 9.54. The molecule has 0 spiro atoms. The molecule has 0 bridgehead atoms. The Kier molecular flexibility index (Phi) is 6.64. The molecular weight excluding hydrogens is 472 g/mol. The van der Waals surface area contributed by atoms with Crippen molar-refractivity contribution in [2.24, 2.45) is 0 Å². The first kappa shape index (κ1) is 22.1. The molecule has 0 radical (unpaired) electrons. The number of amides is 1. The van der Waals surface area contributed by atoms with Gasteiger partial charge in [0.15, 0.2) is 0 Å². The van der Waals surface area contributed by atoms with Crippen molar-refractivity contribution in [3.8, 4) is 17.1 Å². The molecule has 1 aromatic heterocycles. The van der Waals surface area contributed by atoms with E-state index >= 15 is 0 Å². The number of benzene rings is 2. The Hall–Kier alpha value is -2.62. The quantitative estimate of drug-likeness (QED) is 0.524. The second kappa shape index (κ2) is 9.03. The van der Waals surface area contributed by atoms with Gasteiger partial charge >= 0.3 is 0 Å². The van der Waals surface area contributed by atoms with Crippen molar-refractivity contribution >= 4 is 37.5 Å². The zero-order valence-electron chi connectivity index (χ0n) is 16.7. The van der Waals surface area contributed by atoms with E-state index in [0.717, 1.165) is 10.0 Å². The van der Waals surface area contributed by atoms with Crippen LogP contribution in [0.1, 0.15) is 12.7 Å². The van der Waals surface area contributed by atoms with Crippen molar-refractivity contribution < 1.29 is 22.4 Å². The monoisotopic (exact) mass is 492 g/mol. The summed E-state index contributed by atoms with van der Waals surface area (Å²) in [7, 11) is -0.904. The first-order chi connectivity index (χ1) is 14.2. The molecule has 2 aromatic carbocycles. The van der Waals surface area contributed by atoms with Gasteiger partial charge in [0.2, 0.25) is 15.9 Å². The highest BCUT2D eigenvalue weighted by Gasteiger charge is 2.24. The van der Waals surface area contributed by atoms with E-state index in [-0.39, 0.29) is 23.0 Å². The van der Waals surface area contributed by atoms with Gasteiger partial charge in [0.05, 0.1) is 24.2 Å². The number of furan rings is 1. The molecule has 7 nitrogen and oxygen atoms in total. The number of hydrogen-bond donors (Lipinski definition) is 1. The van der Waals surface area contributed by atoms with Crippen molar-refractivity contribution in [1.29, 1.82) is 0 Å². The Morgan fingerprint density at radius 3 is 2.47 bits per heavy atom. The normalized spacial score (nSPS) is 11.5. The van der Waals surface area contributed by atoms with E-state index in [9.17, 15) is 13.2 Å². The molecule has 0 aliphatic heterocycles. The summed E-state index contributed by atoms with van der Waals surface area (Å²) in [6.07, 6.45) is 0. The van der Waals surface area contributed by atoms with Crippen LogP contribution in [0.4, 0.5) is 5.69 Å². The summed E-state index contributed by atoms with van der Waals surface area (Å²) in [5.74, 6) is 1.21. The van der Waals surface area contributed by atoms with Crippen LogP contribution in [0.2, 0.25) is 0 Å². The van der Waals surface area contributed by atoms with Crippen LogP contribution in [0.3, 0.4) is 0 Å². The average Bonchev–Trinajstić information content (AvgIpc) is 3.16. The third kappa shape index (κ3) is 4.92. The van der Waals surface area contributed by atoms with Gasteiger partial charge in [-0.05, 0) is 42.5 Å². The number of methoxy groups -OCH3 is 1. The van der Waals surface area contributed by atoms with Gasteiger partial charge in [0, 0.05) is 24.0 Å². The molecule has 1 heterocycles. The minimum atomic E-state index is -3.82. The maximum absolute atomic E-state index is 13.0. The van der Waals surface area contributed by atoms with E-state index in [1.165, 1.54) is 43.6 Å². The highest BCUT2D eigenvalue weighted by atomic mass is 79.9. The lowest BCUT2D eigenvalue weighted by molar-refractivity contribution is -0.114. The highest BCUT2D eigenvalue weighted by molar-refractivity contribution is 9.10. The fourth-order valence-corrected chi connectivity index (χ4v) is 4.28. The van der Waals surface area contributed by atoms with Crippen molar-refractivity contribution in [3.63, 3.8) is 0 Å². The minimum Gasteiger partial charge on any atom is -0.495 e. The summed E-state index contributed by atoms with van der Waals surface area (Å²) in [5.41, 5.74) is 1.18. The molecule has 1 amide bonds. The Labute approximate surface area is 183 Å². The molecule has 0 saturated heterocycles. The molecule has 0 aliphatic rings. The van der Waals surface area contributed by atoms with Gasteiger partial charge < -0.3 is 14.5 Å². The SMILES string of the molecule is COc1ccc(S(=O)(=O)N(C)Cc2ccc(-c3ccc(Br)cc3)o2)cc1NC(C)=O. The number of rotatable bonds is 7. The Balaban J connectivity index is 1.82. The first-order valence-corrected chi connectivity index (χ1v) is 11.2. The lowest BCUT2D eigenvalue weighted by Crippen LogP contribution is -2.26. The Bertz CT molecular complexity index is 1160. The summed E-state index contributed by atoms with van der Waals surface area (Å²) in [5, 5.41) is 2.58. The summed E-state index contributed by atoms with van der Waals surface area (Å²) < 4.78 is 39.2. The van der Waals surface area contributed by atoms with Crippen LogP contribution >= 0.6 is 15.9 Å². The van der Waals surface area contributed by atoms with Crippen LogP contribution in [-0.2, 0) is 21.4 Å². The molecule has 1 N–H and O–H groups in total. The van der Waals surface area contributed by atoms with Crippen LogP contribution < -0.4 is 10.1 Å². The van der Waals surface area contributed by atoms with Crippen LogP contribution in [-0.4, -0.2) is 32.8 Å².